The average Bonchev–Trinajstić information content (AvgIpc) is 2.80. The molecule has 2 aromatic rings. The zero-order valence-electron chi connectivity index (χ0n) is 13.3. The van der Waals surface area contributed by atoms with Crippen molar-refractivity contribution in [3.8, 4) is 11.1 Å². The lowest BCUT2D eigenvalue weighted by Crippen LogP contribution is -2.28. The molecule has 2 aromatic carbocycles. The molecular weight excluding hydrogens is 296 g/mol. The quantitative estimate of drug-likeness (QED) is 0.917. The van der Waals surface area contributed by atoms with Crippen LogP contribution in [0.25, 0.3) is 11.1 Å². The maximum Gasteiger partial charge on any atom is 0.162 e. The molecule has 2 aliphatic rings. The highest BCUT2D eigenvalue weighted by Gasteiger charge is 2.42. The predicted molar refractivity (Wildman–Crippen MR) is 95.5 cm³/mol. The van der Waals surface area contributed by atoms with E-state index in [1.54, 1.807) is 0 Å². The number of allylic oxidation sites excluding steroid dienone is 6. The Balaban J connectivity index is 1.77. The molecule has 0 heterocycles. The van der Waals surface area contributed by atoms with E-state index in [9.17, 15) is 9.90 Å². The summed E-state index contributed by atoms with van der Waals surface area (Å²) in [6.07, 6.45) is 10.2. The SMILES string of the molecule is O=C(CC1(O)c2ccccc2-c2ccccc21)C1=CC=CC=CC1. The van der Waals surface area contributed by atoms with Crippen molar-refractivity contribution in [3.05, 3.63) is 95.6 Å². The number of carbonyl (C=O) groups is 1. The van der Waals surface area contributed by atoms with E-state index in [0.29, 0.717) is 6.42 Å². The van der Waals surface area contributed by atoms with Crippen LogP contribution < -0.4 is 0 Å². The number of benzene rings is 2. The summed E-state index contributed by atoms with van der Waals surface area (Å²) in [5, 5.41) is 11.5. The van der Waals surface area contributed by atoms with E-state index in [1.807, 2.05) is 78.9 Å². The second-order valence-electron chi connectivity index (χ2n) is 6.26. The minimum Gasteiger partial charge on any atom is -0.380 e. The van der Waals surface area contributed by atoms with Crippen molar-refractivity contribution in [1.29, 1.82) is 0 Å². The van der Waals surface area contributed by atoms with Gasteiger partial charge in [-0.05, 0) is 34.2 Å². The molecule has 4 rings (SSSR count). The Kier molecular flexibility index (Phi) is 3.55. The Bertz CT molecular complexity index is 854. The van der Waals surface area contributed by atoms with Gasteiger partial charge in [0.25, 0.3) is 0 Å². The number of hydrogen-bond donors (Lipinski definition) is 1. The van der Waals surface area contributed by atoms with Gasteiger partial charge >= 0.3 is 0 Å². The summed E-state index contributed by atoms with van der Waals surface area (Å²) in [5.41, 5.74) is 3.14. The average molecular weight is 314 g/mol. The Hall–Kier alpha value is -2.71. The molecule has 1 N–H and O–H groups in total. The molecule has 0 amide bonds. The smallest absolute Gasteiger partial charge is 0.162 e. The molecule has 0 bridgehead atoms. The predicted octanol–water partition coefficient (Wildman–Crippen LogP) is 4.30. The highest BCUT2D eigenvalue weighted by atomic mass is 16.3. The standard InChI is InChI=1S/C22H18O2/c23-21(16-9-3-1-2-4-10-16)15-22(24)19-13-7-5-11-17(19)18-12-6-8-14-20(18)22/h1-9,11-14,24H,10,15H2. The molecule has 0 radical (unpaired) electrons. The van der Waals surface area contributed by atoms with Gasteiger partial charge in [0.15, 0.2) is 5.78 Å². The normalized spacial score (nSPS) is 17.0. The summed E-state index contributed by atoms with van der Waals surface area (Å²) >= 11 is 0. The molecule has 0 saturated carbocycles. The lowest BCUT2D eigenvalue weighted by Gasteiger charge is -2.25. The van der Waals surface area contributed by atoms with Crippen molar-refractivity contribution in [2.24, 2.45) is 0 Å². The van der Waals surface area contributed by atoms with Gasteiger partial charge in [0.05, 0.1) is 0 Å². The van der Waals surface area contributed by atoms with Gasteiger partial charge in [-0.1, -0.05) is 78.9 Å². The van der Waals surface area contributed by atoms with E-state index < -0.39 is 5.60 Å². The number of rotatable bonds is 3. The Morgan fingerprint density at radius 1 is 0.917 bits per heavy atom. The van der Waals surface area contributed by atoms with E-state index in [1.165, 1.54) is 0 Å². The third-order valence-electron chi connectivity index (χ3n) is 4.80. The minimum atomic E-state index is -1.26. The van der Waals surface area contributed by atoms with E-state index in [0.717, 1.165) is 27.8 Å². The molecule has 24 heavy (non-hydrogen) atoms. The van der Waals surface area contributed by atoms with Crippen LogP contribution in [0.3, 0.4) is 0 Å². The van der Waals surface area contributed by atoms with Gasteiger partial charge in [0.2, 0.25) is 0 Å². The maximum absolute atomic E-state index is 12.8. The monoisotopic (exact) mass is 314 g/mol. The first kappa shape index (κ1) is 14.9. The van der Waals surface area contributed by atoms with E-state index in [2.05, 4.69) is 0 Å². The van der Waals surface area contributed by atoms with Crippen LogP contribution in [0.2, 0.25) is 0 Å². The molecule has 0 aromatic heterocycles. The summed E-state index contributed by atoms with van der Waals surface area (Å²) in [6.45, 7) is 0. The lowest BCUT2D eigenvalue weighted by molar-refractivity contribution is -0.119. The van der Waals surface area contributed by atoms with Crippen LogP contribution in [0.5, 0.6) is 0 Å². The fourth-order valence-electron chi connectivity index (χ4n) is 3.62. The van der Waals surface area contributed by atoms with Crippen LogP contribution >= 0.6 is 0 Å². The highest BCUT2D eigenvalue weighted by Crippen LogP contribution is 2.49. The third kappa shape index (κ3) is 2.27. The number of aliphatic hydroxyl groups is 1. The second kappa shape index (κ2) is 5.73. The minimum absolute atomic E-state index is 0.0137. The van der Waals surface area contributed by atoms with Crippen LogP contribution in [0.4, 0.5) is 0 Å². The van der Waals surface area contributed by atoms with Gasteiger partial charge in [0.1, 0.15) is 5.60 Å². The number of carbonyl (C=O) groups excluding carboxylic acids is 1. The van der Waals surface area contributed by atoms with Gasteiger partial charge in [-0.25, -0.2) is 0 Å². The number of ketones is 1. The van der Waals surface area contributed by atoms with Gasteiger partial charge in [-0.15, -0.1) is 0 Å². The summed E-state index contributed by atoms with van der Waals surface area (Å²) in [7, 11) is 0. The summed E-state index contributed by atoms with van der Waals surface area (Å²) in [6, 6.07) is 15.6. The van der Waals surface area contributed by atoms with Crippen molar-refractivity contribution < 1.29 is 9.90 Å². The first-order valence-corrected chi connectivity index (χ1v) is 8.17. The zero-order valence-corrected chi connectivity index (χ0v) is 13.3. The zero-order chi connectivity index (χ0) is 16.6. The number of Topliss-reactive ketones (excluding diaryl/α,β-unsaturated/α-hetero) is 1. The molecule has 2 heteroatoms. The van der Waals surface area contributed by atoms with Crippen molar-refractivity contribution in [3.63, 3.8) is 0 Å². The Morgan fingerprint density at radius 2 is 1.54 bits per heavy atom. The van der Waals surface area contributed by atoms with Crippen LogP contribution in [0, 0.1) is 0 Å². The number of fused-ring (bicyclic) bond motifs is 3. The maximum atomic E-state index is 12.8. The fraction of sp³-hybridized carbons (Fsp3) is 0.136. The van der Waals surface area contributed by atoms with Crippen molar-refractivity contribution >= 4 is 5.78 Å². The molecule has 118 valence electrons. The summed E-state index contributed by atoms with van der Waals surface area (Å²) in [4.78, 5) is 12.8. The largest absolute Gasteiger partial charge is 0.380 e. The molecular formula is C22H18O2. The first-order chi connectivity index (χ1) is 11.7. The first-order valence-electron chi connectivity index (χ1n) is 8.17. The van der Waals surface area contributed by atoms with Gasteiger partial charge < -0.3 is 5.11 Å². The van der Waals surface area contributed by atoms with Crippen molar-refractivity contribution in [2.45, 2.75) is 18.4 Å². The molecule has 0 saturated heterocycles. The van der Waals surface area contributed by atoms with Crippen molar-refractivity contribution in [1.82, 2.24) is 0 Å². The molecule has 2 nitrogen and oxygen atoms in total. The van der Waals surface area contributed by atoms with Crippen LogP contribution in [0.15, 0.2) is 84.5 Å². The second-order valence-corrected chi connectivity index (χ2v) is 6.26. The molecule has 0 fully saturated rings. The molecule has 0 aliphatic heterocycles. The Labute approximate surface area is 141 Å². The summed E-state index contributed by atoms with van der Waals surface area (Å²) < 4.78 is 0. The highest BCUT2D eigenvalue weighted by molar-refractivity contribution is 5.98. The van der Waals surface area contributed by atoms with Gasteiger partial charge in [0, 0.05) is 6.42 Å². The van der Waals surface area contributed by atoms with E-state index in [4.69, 9.17) is 0 Å². The fourth-order valence-corrected chi connectivity index (χ4v) is 3.62. The summed E-state index contributed by atoms with van der Waals surface area (Å²) in [5.74, 6) is -0.0137. The third-order valence-corrected chi connectivity index (χ3v) is 4.80. The number of hydrogen-bond acceptors (Lipinski definition) is 2. The van der Waals surface area contributed by atoms with E-state index in [-0.39, 0.29) is 12.2 Å². The van der Waals surface area contributed by atoms with Gasteiger partial charge in [-0.2, -0.15) is 0 Å². The van der Waals surface area contributed by atoms with Gasteiger partial charge in [-0.3, -0.25) is 4.79 Å². The van der Waals surface area contributed by atoms with E-state index >= 15 is 0 Å². The van der Waals surface area contributed by atoms with Crippen LogP contribution in [-0.2, 0) is 10.4 Å². The Morgan fingerprint density at radius 3 is 2.21 bits per heavy atom. The topological polar surface area (TPSA) is 37.3 Å². The lowest BCUT2D eigenvalue weighted by atomic mass is 9.84. The molecule has 0 unspecified atom stereocenters. The van der Waals surface area contributed by atoms with Crippen LogP contribution in [0.1, 0.15) is 24.0 Å². The molecule has 0 atom stereocenters. The van der Waals surface area contributed by atoms with Crippen LogP contribution in [-0.4, -0.2) is 10.9 Å². The molecule has 2 aliphatic carbocycles. The molecule has 0 spiro atoms. The van der Waals surface area contributed by atoms with Crippen molar-refractivity contribution in [2.75, 3.05) is 0 Å².